The fraction of sp³-hybridized carbons (Fsp3) is 0.643. The number of hydrogen-bond acceptors (Lipinski definition) is 3. The fourth-order valence-corrected chi connectivity index (χ4v) is 3.29. The van der Waals surface area contributed by atoms with Crippen LogP contribution in [0.4, 0.5) is 0 Å². The lowest BCUT2D eigenvalue weighted by atomic mass is 9.87. The van der Waals surface area contributed by atoms with E-state index in [1.54, 1.807) is 7.11 Å². The highest BCUT2D eigenvalue weighted by molar-refractivity contribution is 5.19. The molecule has 0 spiro atoms. The van der Waals surface area contributed by atoms with Crippen LogP contribution in [-0.2, 0) is 0 Å². The zero-order valence-electron chi connectivity index (χ0n) is 10.3. The summed E-state index contributed by atoms with van der Waals surface area (Å²) in [6.45, 7) is 0. The lowest BCUT2D eigenvalue weighted by Crippen LogP contribution is -2.26. The van der Waals surface area contributed by atoms with E-state index in [0.717, 1.165) is 11.8 Å². The molecule has 3 rings (SSSR count). The number of fused-ring (bicyclic) bond motifs is 2. The van der Waals surface area contributed by atoms with Crippen molar-refractivity contribution in [3.8, 4) is 11.8 Å². The third-order valence-electron chi connectivity index (χ3n) is 4.04. The van der Waals surface area contributed by atoms with E-state index in [9.17, 15) is 0 Å². The standard InChI is InChI=1S/C14H19NO2/c1-16-13-3-2-4-14(15-13)17-12-8-10-5-6-11(7-10)9-12/h2-4,10-12H,5-9H2,1H3/t10-,11+,12?. The van der Waals surface area contributed by atoms with Gasteiger partial charge in [-0.1, -0.05) is 18.9 Å². The van der Waals surface area contributed by atoms with Crippen LogP contribution in [0.25, 0.3) is 0 Å². The largest absolute Gasteiger partial charge is 0.481 e. The third kappa shape index (κ3) is 2.38. The van der Waals surface area contributed by atoms with E-state index < -0.39 is 0 Å². The normalized spacial score (nSPS) is 31.2. The van der Waals surface area contributed by atoms with Crippen LogP contribution in [0.15, 0.2) is 18.2 Å². The molecule has 2 aliphatic rings. The highest BCUT2D eigenvalue weighted by atomic mass is 16.5. The van der Waals surface area contributed by atoms with Gasteiger partial charge in [-0.25, -0.2) is 0 Å². The smallest absolute Gasteiger partial charge is 0.216 e. The molecule has 0 amide bonds. The first kappa shape index (κ1) is 10.9. The summed E-state index contributed by atoms with van der Waals surface area (Å²) < 4.78 is 11.1. The van der Waals surface area contributed by atoms with Crippen LogP contribution in [0, 0.1) is 11.8 Å². The predicted octanol–water partition coefficient (Wildman–Crippen LogP) is 3.05. The van der Waals surface area contributed by atoms with Gasteiger partial charge in [0.15, 0.2) is 0 Å². The number of methoxy groups -OCH3 is 1. The summed E-state index contributed by atoms with van der Waals surface area (Å²) in [5, 5.41) is 0. The van der Waals surface area contributed by atoms with Crippen molar-refractivity contribution in [3.05, 3.63) is 18.2 Å². The Kier molecular flexibility index (Phi) is 2.91. The summed E-state index contributed by atoms with van der Waals surface area (Å²) in [6.07, 6.45) is 6.99. The molecule has 0 saturated heterocycles. The first-order valence-corrected chi connectivity index (χ1v) is 6.51. The molecular formula is C14H19NO2. The number of ether oxygens (including phenoxy) is 2. The molecule has 1 aromatic rings. The Morgan fingerprint density at radius 1 is 1.06 bits per heavy atom. The molecule has 1 unspecified atom stereocenters. The van der Waals surface area contributed by atoms with Gasteiger partial charge in [0, 0.05) is 12.1 Å². The van der Waals surface area contributed by atoms with Crippen LogP contribution in [0.1, 0.15) is 32.1 Å². The number of rotatable bonds is 3. The highest BCUT2D eigenvalue weighted by Gasteiger charge is 2.35. The molecule has 17 heavy (non-hydrogen) atoms. The van der Waals surface area contributed by atoms with Gasteiger partial charge in [-0.05, 0) is 31.1 Å². The molecule has 0 aromatic carbocycles. The zero-order valence-corrected chi connectivity index (χ0v) is 10.3. The molecule has 0 aliphatic heterocycles. The van der Waals surface area contributed by atoms with Gasteiger partial charge in [-0.15, -0.1) is 0 Å². The van der Waals surface area contributed by atoms with Gasteiger partial charge in [0.25, 0.3) is 0 Å². The molecule has 2 saturated carbocycles. The third-order valence-corrected chi connectivity index (χ3v) is 4.04. The maximum absolute atomic E-state index is 5.99. The van der Waals surface area contributed by atoms with E-state index in [0.29, 0.717) is 17.9 Å². The van der Waals surface area contributed by atoms with E-state index in [1.165, 1.54) is 32.1 Å². The van der Waals surface area contributed by atoms with Crippen molar-refractivity contribution in [1.82, 2.24) is 4.98 Å². The minimum atomic E-state index is 0.362. The van der Waals surface area contributed by atoms with Crippen molar-refractivity contribution in [1.29, 1.82) is 0 Å². The molecule has 2 aliphatic carbocycles. The van der Waals surface area contributed by atoms with Gasteiger partial charge in [0.1, 0.15) is 6.10 Å². The predicted molar refractivity (Wildman–Crippen MR) is 65.3 cm³/mol. The fourth-order valence-electron chi connectivity index (χ4n) is 3.29. The Balaban J connectivity index is 1.66. The summed E-state index contributed by atoms with van der Waals surface area (Å²) in [7, 11) is 1.63. The molecule has 0 radical (unpaired) electrons. The van der Waals surface area contributed by atoms with E-state index in [1.807, 2.05) is 18.2 Å². The molecule has 0 N–H and O–H groups in total. The van der Waals surface area contributed by atoms with Gasteiger partial charge in [0.2, 0.25) is 11.8 Å². The van der Waals surface area contributed by atoms with Crippen LogP contribution in [0.3, 0.4) is 0 Å². The summed E-state index contributed by atoms with van der Waals surface area (Å²) in [5.74, 6) is 3.12. The number of pyridine rings is 1. The van der Waals surface area contributed by atoms with Crippen molar-refractivity contribution in [2.45, 2.75) is 38.2 Å². The SMILES string of the molecule is COc1cccc(OC2C[C@H]3CC[C@@H](C2)C3)n1. The van der Waals surface area contributed by atoms with E-state index >= 15 is 0 Å². The minimum absolute atomic E-state index is 0.362. The molecule has 3 atom stereocenters. The van der Waals surface area contributed by atoms with Crippen LogP contribution < -0.4 is 9.47 Å². The molecule has 3 nitrogen and oxygen atoms in total. The van der Waals surface area contributed by atoms with Gasteiger partial charge < -0.3 is 9.47 Å². The second kappa shape index (κ2) is 4.55. The van der Waals surface area contributed by atoms with Crippen molar-refractivity contribution < 1.29 is 9.47 Å². The summed E-state index contributed by atoms with van der Waals surface area (Å²) in [4.78, 5) is 4.31. The van der Waals surface area contributed by atoms with Gasteiger partial charge in [-0.2, -0.15) is 4.98 Å². The number of nitrogens with zero attached hydrogens (tertiary/aromatic N) is 1. The van der Waals surface area contributed by atoms with Gasteiger partial charge in [0.05, 0.1) is 7.11 Å². The minimum Gasteiger partial charge on any atom is -0.481 e. The second-order valence-corrected chi connectivity index (χ2v) is 5.27. The molecule has 2 fully saturated rings. The molecule has 2 bridgehead atoms. The van der Waals surface area contributed by atoms with E-state index in [4.69, 9.17) is 9.47 Å². The zero-order chi connectivity index (χ0) is 11.7. The Labute approximate surface area is 102 Å². The number of hydrogen-bond donors (Lipinski definition) is 0. The lowest BCUT2D eigenvalue weighted by Gasteiger charge is -2.27. The lowest BCUT2D eigenvalue weighted by molar-refractivity contribution is 0.113. The van der Waals surface area contributed by atoms with Crippen LogP contribution >= 0.6 is 0 Å². The monoisotopic (exact) mass is 233 g/mol. The topological polar surface area (TPSA) is 31.4 Å². The molecule has 3 heteroatoms. The Hall–Kier alpha value is -1.25. The van der Waals surface area contributed by atoms with Crippen molar-refractivity contribution in [2.24, 2.45) is 11.8 Å². The highest BCUT2D eigenvalue weighted by Crippen LogP contribution is 2.42. The van der Waals surface area contributed by atoms with Crippen LogP contribution in [-0.4, -0.2) is 18.2 Å². The van der Waals surface area contributed by atoms with Crippen LogP contribution in [0.5, 0.6) is 11.8 Å². The summed E-state index contributed by atoms with van der Waals surface area (Å²) in [6, 6.07) is 5.69. The number of aromatic nitrogens is 1. The van der Waals surface area contributed by atoms with E-state index in [2.05, 4.69) is 4.98 Å². The molecule has 1 aromatic heterocycles. The first-order valence-electron chi connectivity index (χ1n) is 6.51. The van der Waals surface area contributed by atoms with Crippen molar-refractivity contribution in [2.75, 3.05) is 7.11 Å². The van der Waals surface area contributed by atoms with E-state index in [-0.39, 0.29) is 0 Å². The summed E-state index contributed by atoms with van der Waals surface area (Å²) in [5.41, 5.74) is 0. The van der Waals surface area contributed by atoms with Gasteiger partial charge >= 0.3 is 0 Å². The van der Waals surface area contributed by atoms with Crippen LogP contribution in [0.2, 0.25) is 0 Å². The quantitative estimate of drug-likeness (QED) is 0.804. The maximum Gasteiger partial charge on any atom is 0.216 e. The molecule has 92 valence electrons. The molecule has 1 heterocycles. The Morgan fingerprint density at radius 3 is 2.47 bits per heavy atom. The van der Waals surface area contributed by atoms with Crippen molar-refractivity contribution in [3.63, 3.8) is 0 Å². The average Bonchev–Trinajstić information content (AvgIpc) is 2.69. The van der Waals surface area contributed by atoms with Crippen molar-refractivity contribution >= 4 is 0 Å². The molecular weight excluding hydrogens is 214 g/mol. The Bertz CT molecular complexity index is 382. The average molecular weight is 233 g/mol. The van der Waals surface area contributed by atoms with Gasteiger partial charge in [-0.3, -0.25) is 0 Å². The Morgan fingerprint density at radius 2 is 1.76 bits per heavy atom. The summed E-state index contributed by atoms with van der Waals surface area (Å²) >= 11 is 0. The maximum atomic E-state index is 5.99. The second-order valence-electron chi connectivity index (χ2n) is 5.27. The first-order chi connectivity index (χ1) is 8.33.